The predicted molar refractivity (Wildman–Crippen MR) is 179 cm³/mol. The molecule has 0 saturated heterocycles. The third-order valence-electron chi connectivity index (χ3n) is 9.14. The molecule has 0 amide bonds. The van der Waals surface area contributed by atoms with Crippen LogP contribution >= 0.6 is 11.3 Å². The lowest BCUT2D eigenvalue weighted by Crippen LogP contribution is -2.03. The zero-order chi connectivity index (χ0) is 27.8. The van der Waals surface area contributed by atoms with Crippen LogP contribution in [0.25, 0.3) is 103 Å². The van der Waals surface area contributed by atoms with Gasteiger partial charge in [0.2, 0.25) is 5.95 Å². The fourth-order valence-electron chi connectivity index (χ4n) is 7.45. The van der Waals surface area contributed by atoms with Crippen molar-refractivity contribution in [3.63, 3.8) is 0 Å². The number of thiophene rings is 1. The minimum atomic E-state index is 0.665. The van der Waals surface area contributed by atoms with Gasteiger partial charge in [-0.15, -0.1) is 11.3 Å². The van der Waals surface area contributed by atoms with Crippen LogP contribution in [0.15, 0.2) is 120 Å². The summed E-state index contributed by atoms with van der Waals surface area (Å²) in [5, 5.41) is 10.9. The van der Waals surface area contributed by atoms with Gasteiger partial charge in [-0.3, -0.25) is 4.57 Å². The lowest BCUT2D eigenvalue weighted by Gasteiger charge is -2.11. The largest absolute Gasteiger partial charge is 0.456 e. The zero-order valence-corrected chi connectivity index (χ0v) is 23.4. The van der Waals surface area contributed by atoms with Gasteiger partial charge in [0.05, 0.1) is 22.2 Å². The van der Waals surface area contributed by atoms with Crippen LogP contribution in [0.4, 0.5) is 0 Å². The lowest BCUT2D eigenvalue weighted by atomic mass is 9.95. The van der Waals surface area contributed by atoms with Gasteiger partial charge in [0.1, 0.15) is 11.2 Å². The van der Waals surface area contributed by atoms with E-state index < -0.39 is 0 Å². The summed E-state index contributed by atoms with van der Waals surface area (Å²) in [5.41, 5.74) is 6.93. The van der Waals surface area contributed by atoms with E-state index >= 15 is 0 Å². The van der Waals surface area contributed by atoms with Crippen molar-refractivity contribution in [2.45, 2.75) is 0 Å². The van der Waals surface area contributed by atoms with E-state index in [2.05, 4.69) is 108 Å². The number of fused-ring (bicyclic) bond motifs is 2. The topological polar surface area (TPSA) is 43.9 Å². The van der Waals surface area contributed by atoms with Crippen LogP contribution in [0.1, 0.15) is 0 Å². The van der Waals surface area contributed by atoms with E-state index in [1.165, 1.54) is 52.5 Å². The molecule has 43 heavy (non-hydrogen) atoms. The third-order valence-corrected chi connectivity index (χ3v) is 10.3. The predicted octanol–water partition coefficient (Wildman–Crippen LogP) is 10.7. The Bertz CT molecular complexity index is 2890. The highest BCUT2D eigenvalue weighted by molar-refractivity contribution is 7.26. The second-order valence-corrected chi connectivity index (χ2v) is 12.4. The normalized spacial score (nSPS) is 12.7. The Kier molecular flexibility index (Phi) is 3.94. The summed E-state index contributed by atoms with van der Waals surface area (Å²) in [6.45, 7) is 0. The van der Waals surface area contributed by atoms with Crippen molar-refractivity contribution >= 4 is 96.9 Å². The maximum atomic E-state index is 6.57. The molecule has 0 fully saturated rings. The standard InChI is InChI=1S/C38H19N3OS/c1-2-8-20(9-3-1)37-23-10-4-5-13-24(23)39-38(40-37)41-25-14-6-11-21-22-12-7-15-29-32(22)36-30(43-29)19-18-28-35(36)34-27(42-28)17-16-26(41)33(34)31(21)25/h1-19H. The number of para-hydroxylation sites is 1. The molecule has 0 aliphatic heterocycles. The van der Waals surface area contributed by atoms with E-state index in [1.807, 2.05) is 23.5 Å². The molecule has 4 heterocycles. The fraction of sp³-hybridized carbons (Fsp3) is 0. The summed E-state index contributed by atoms with van der Waals surface area (Å²) in [5.74, 6) is 0.665. The van der Waals surface area contributed by atoms with Crippen LogP contribution in [-0.2, 0) is 0 Å². The van der Waals surface area contributed by atoms with Crippen molar-refractivity contribution in [2.75, 3.05) is 0 Å². The van der Waals surface area contributed by atoms with E-state index in [4.69, 9.17) is 14.4 Å². The number of nitrogens with zero attached hydrogens (tertiary/aromatic N) is 3. The van der Waals surface area contributed by atoms with Gasteiger partial charge >= 0.3 is 0 Å². The highest BCUT2D eigenvalue weighted by Crippen LogP contribution is 2.50. The van der Waals surface area contributed by atoms with Crippen LogP contribution in [0.5, 0.6) is 0 Å². The zero-order valence-electron chi connectivity index (χ0n) is 22.6. The fourth-order valence-corrected chi connectivity index (χ4v) is 8.59. The molecular formula is C38H19N3OS. The molecule has 198 valence electrons. The van der Waals surface area contributed by atoms with Crippen molar-refractivity contribution < 1.29 is 4.42 Å². The van der Waals surface area contributed by atoms with Crippen molar-refractivity contribution in [2.24, 2.45) is 0 Å². The van der Waals surface area contributed by atoms with Gasteiger partial charge in [-0.2, -0.15) is 0 Å². The van der Waals surface area contributed by atoms with Gasteiger partial charge < -0.3 is 4.42 Å². The van der Waals surface area contributed by atoms with Crippen LogP contribution in [0.3, 0.4) is 0 Å². The third kappa shape index (κ3) is 2.67. The molecule has 5 heteroatoms. The van der Waals surface area contributed by atoms with Crippen LogP contribution < -0.4 is 0 Å². The van der Waals surface area contributed by atoms with Crippen molar-refractivity contribution in [3.05, 3.63) is 115 Å². The maximum Gasteiger partial charge on any atom is 0.235 e. The Hall–Kier alpha value is -5.52. The van der Waals surface area contributed by atoms with E-state index in [9.17, 15) is 0 Å². The summed E-state index contributed by atoms with van der Waals surface area (Å²) < 4.78 is 11.4. The number of rotatable bonds is 2. The number of hydrogen-bond donors (Lipinski definition) is 0. The van der Waals surface area contributed by atoms with Crippen LogP contribution in [-0.4, -0.2) is 14.5 Å². The van der Waals surface area contributed by atoms with Crippen molar-refractivity contribution in [3.8, 4) is 17.2 Å². The quantitative estimate of drug-likeness (QED) is 0.209. The Morgan fingerprint density at radius 3 is 2.09 bits per heavy atom. The Morgan fingerprint density at radius 2 is 1.19 bits per heavy atom. The molecular weight excluding hydrogens is 547 g/mol. The number of aromatic nitrogens is 3. The first-order chi connectivity index (χ1) is 21.3. The number of furan rings is 1. The lowest BCUT2D eigenvalue weighted by molar-refractivity contribution is 0.669. The summed E-state index contributed by atoms with van der Waals surface area (Å²) in [6, 6.07) is 40.7. The molecule has 7 aromatic carbocycles. The van der Waals surface area contributed by atoms with Gasteiger partial charge in [0, 0.05) is 52.7 Å². The van der Waals surface area contributed by atoms with Crippen LogP contribution in [0.2, 0.25) is 0 Å². The molecule has 0 bridgehead atoms. The maximum absolute atomic E-state index is 6.57. The molecule has 0 radical (unpaired) electrons. The Balaban J connectivity index is 1.41. The van der Waals surface area contributed by atoms with E-state index in [0.29, 0.717) is 5.95 Å². The van der Waals surface area contributed by atoms with Gasteiger partial charge in [0.25, 0.3) is 0 Å². The summed E-state index contributed by atoms with van der Waals surface area (Å²) in [6.07, 6.45) is 0. The molecule has 0 unspecified atom stereocenters. The first kappa shape index (κ1) is 22.1. The van der Waals surface area contributed by atoms with E-state index in [0.717, 1.165) is 44.4 Å². The van der Waals surface area contributed by atoms with E-state index in [1.54, 1.807) is 0 Å². The highest BCUT2D eigenvalue weighted by atomic mass is 32.1. The second-order valence-electron chi connectivity index (χ2n) is 11.3. The van der Waals surface area contributed by atoms with Crippen LogP contribution in [0, 0.1) is 0 Å². The molecule has 0 aliphatic rings. The average molecular weight is 566 g/mol. The summed E-state index contributed by atoms with van der Waals surface area (Å²) in [7, 11) is 0. The minimum absolute atomic E-state index is 0.665. The Labute approximate surface area is 247 Å². The minimum Gasteiger partial charge on any atom is -0.456 e. The highest BCUT2D eigenvalue weighted by Gasteiger charge is 2.26. The Morgan fingerprint density at radius 1 is 0.488 bits per heavy atom. The molecule has 0 aliphatic carbocycles. The molecule has 11 rings (SSSR count). The van der Waals surface area contributed by atoms with E-state index in [-0.39, 0.29) is 0 Å². The SMILES string of the molecule is c1ccc(-c2nc(-n3c4cccc5c6cccc7sc8ccc9oc%10ccc3c(c%10c9c8c76)c54)nc3ccccc23)cc1. The van der Waals surface area contributed by atoms with Gasteiger partial charge in [-0.05, 0) is 53.2 Å². The average Bonchev–Trinajstić information content (AvgIpc) is 3.72. The van der Waals surface area contributed by atoms with Gasteiger partial charge in [-0.25, -0.2) is 9.97 Å². The van der Waals surface area contributed by atoms with Gasteiger partial charge in [-0.1, -0.05) is 72.8 Å². The molecule has 11 aromatic rings. The summed E-state index contributed by atoms with van der Waals surface area (Å²) in [4.78, 5) is 10.5. The monoisotopic (exact) mass is 565 g/mol. The van der Waals surface area contributed by atoms with Crippen molar-refractivity contribution in [1.29, 1.82) is 0 Å². The molecule has 0 atom stereocenters. The molecule has 0 saturated carbocycles. The first-order valence-corrected chi connectivity index (χ1v) is 15.2. The smallest absolute Gasteiger partial charge is 0.235 e. The second kappa shape index (κ2) is 7.65. The number of hydrogen-bond acceptors (Lipinski definition) is 4. The molecule has 4 aromatic heterocycles. The number of benzene rings is 6. The molecule has 0 N–H and O–H groups in total. The molecule has 4 nitrogen and oxygen atoms in total. The molecule has 0 spiro atoms. The van der Waals surface area contributed by atoms with Crippen molar-refractivity contribution in [1.82, 2.24) is 14.5 Å². The first-order valence-electron chi connectivity index (χ1n) is 14.4. The van der Waals surface area contributed by atoms with Gasteiger partial charge in [0.15, 0.2) is 0 Å². The summed E-state index contributed by atoms with van der Waals surface area (Å²) >= 11 is 1.86.